The smallest absolute Gasteiger partial charge is 0.305 e. The lowest BCUT2D eigenvalue weighted by molar-refractivity contribution is -0.143. The van der Waals surface area contributed by atoms with Crippen molar-refractivity contribution in [3.63, 3.8) is 0 Å². The molecular weight excluding hydrogens is 935 g/mol. The first-order chi connectivity index (χ1) is 37.5. The van der Waals surface area contributed by atoms with E-state index in [0.717, 1.165) is 44.9 Å². The molecule has 0 radical (unpaired) electrons. The van der Waals surface area contributed by atoms with Gasteiger partial charge in [-0.2, -0.15) is 0 Å². The molecule has 76 heavy (non-hydrogen) atoms. The van der Waals surface area contributed by atoms with E-state index >= 15 is 0 Å². The Bertz CT molecular complexity index is 1190. The number of ether oxygens (including phenoxy) is 1. The van der Waals surface area contributed by atoms with Crippen LogP contribution in [0.3, 0.4) is 0 Å². The maximum absolute atomic E-state index is 12.5. The van der Waals surface area contributed by atoms with Gasteiger partial charge in [-0.3, -0.25) is 9.59 Å². The monoisotopic (exact) mass is 1070 g/mol. The number of aliphatic hydroxyl groups excluding tert-OH is 2. The zero-order valence-corrected chi connectivity index (χ0v) is 51.5. The molecule has 0 aliphatic rings. The highest BCUT2D eigenvalue weighted by Gasteiger charge is 2.18. The van der Waals surface area contributed by atoms with Crippen LogP contribution in [0.15, 0.2) is 24.3 Å². The van der Waals surface area contributed by atoms with Gasteiger partial charge in [-0.05, 0) is 57.8 Å². The maximum Gasteiger partial charge on any atom is 0.305 e. The number of nitrogens with one attached hydrogen (secondary N) is 1. The zero-order valence-electron chi connectivity index (χ0n) is 51.5. The van der Waals surface area contributed by atoms with E-state index in [1.807, 2.05) is 6.08 Å². The SMILES string of the molecule is CCCCCCCC/C=C\CCCCCCCCCC(=O)OCCCCCCCCCCCCCCCCCCCC(=O)NC(CO)C(O)/C=C/CCCCCCCCCCCCCCCCCCCCCCCCC. The first kappa shape index (κ1) is 74.3. The molecule has 0 spiro atoms. The van der Waals surface area contributed by atoms with Crippen molar-refractivity contribution in [1.82, 2.24) is 5.32 Å². The molecule has 2 unspecified atom stereocenters. The molecule has 3 N–H and O–H groups in total. The van der Waals surface area contributed by atoms with Gasteiger partial charge in [0.2, 0.25) is 5.91 Å². The van der Waals surface area contributed by atoms with Gasteiger partial charge in [-0.15, -0.1) is 0 Å². The molecule has 0 rings (SSSR count). The van der Waals surface area contributed by atoms with E-state index in [-0.39, 0.29) is 18.5 Å². The molecule has 0 fully saturated rings. The van der Waals surface area contributed by atoms with E-state index in [4.69, 9.17) is 4.74 Å². The molecule has 0 aliphatic carbocycles. The van der Waals surface area contributed by atoms with Crippen LogP contribution in [-0.2, 0) is 14.3 Å². The fourth-order valence-electron chi connectivity index (χ4n) is 10.9. The van der Waals surface area contributed by atoms with Gasteiger partial charge >= 0.3 is 5.97 Å². The van der Waals surface area contributed by atoms with Crippen LogP contribution >= 0.6 is 0 Å². The van der Waals surface area contributed by atoms with Crippen molar-refractivity contribution in [2.45, 2.75) is 398 Å². The van der Waals surface area contributed by atoms with E-state index < -0.39 is 12.1 Å². The van der Waals surface area contributed by atoms with Crippen LogP contribution in [0.2, 0.25) is 0 Å². The van der Waals surface area contributed by atoms with Crippen molar-refractivity contribution in [3.05, 3.63) is 24.3 Å². The third-order valence-electron chi connectivity index (χ3n) is 16.2. The number of unbranched alkanes of at least 4 members (excludes halogenated alkanes) is 52. The number of amides is 1. The maximum atomic E-state index is 12.5. The van der Waals surface area contributed by atoms with Gasteiger partial charge in [0.15, 0.2) is 0 Å². The van der Waals surface area contributed by atoms with Crippen LogP contribution in [0.1, 0.15) is 386 Å². The highest BCUT2D eigenvalue weighted by Crippen LogP contribution is 2.19. The Balaban J connectivity index is 3.43. The Morgan fingerprint density at radius 2 is 0.618 bits per heavy atom. The Hall–Kier alpha value is -1.66. The molecule has 6 heteroatoms. The normalized spacial score (nSPS) is 12.6. The lowest BCUT2D eigenvalue weighted by Crippen LogP contribution is -2.45. The fourth-order valence-corrected chi connectivity index (χ4v) is 10.9. The van der Waals surface area contributed by atoms with E-state index in [1.54, 1.807) is 6.08 Å². The summed E-state index contributed by atoms with van der Waals surface area (Å²) in [6.45, 7) is 4.92. The second kappa shape index (κ2) is 65.9. The van der Waals surface area contributed by atoms with Crippen molar-refractivity contribution in [1.29, 1.82) is 0 Å². The first-order valence-corrected chi connectivity index (χ1v) is 34.6. The van der Waals surface area contributed by atoms with Crippen LogP contribution in [0.5, 0.6) is 0 Å². The molecule has 0 aromatic heterocycles. The number of allylic oxidation sites excluding steroid dienone is 3. The topological polar surface area (TPSA) is 95.9 Å². The molecule has 0 heterocycles. The van der Waals surface area contributed by atoms with Gasteiger partial charge in [-0.1, -0.05) is 340 Å². The summed E-state index contributed by atoms with van der Waals surface area (Å²) in [6.07, 6.45) is 82.4. The lowest BCUT2D eigenvalue weighted by Gasteiger charge is -2.20. The molecule has 0 saturated carbocycles. The summed E-state index contributed by atoms with van der Waals surface area (Å²) in [5, 5.41) is 23.3. The molecule has 0 aromatic rings. The number of aliphatic hydroxyl groups is 2. The minimum absolute atomic E-state index is 0.00223. The summed E-state index contributed by atoms with van der Waals surface area (Å²) in [6, 6.07) is -0.634. The van der Waals surface area contributed by atoms with Crippen molar-refractivity contribution in [2.24, 2.45) is 0 Å². The predicted molar refractivity (Wildman–Crippen MR) is 333 cm³/mol. The Labute approximate surface area is 475 Å². The molecule has 6 nitrogen and oxygen atoms in total. The summed E-state index contributed by atoms with van der Waals surface area (Å²) >= 11 is 0. The summed E-state index contributed by atoms with van der Waals surface area (Å²) in [5.41, 5.74) is 0. The van der Waals surface area contributed by atoms with E-state index in [9.17, 15) is 19.8 Å². The number of carbonyl (C=O) groups excluding carboxylic acids is 2. The quantitative estimate of drug-likeness (QED) is 0.0320. The number of hydrogen-bond acceptors (Lipinski definition) is 5. The van der Waals surface area contributed by atoms with Gasteiger partial charge in [0, 0.05) is 12.8 Å². The Kier molecular flexibility index (Phi) is 64.4. The van der Waals surface area contributed by atoms with Crippen LogP contribution in [0, 0.1) is 0 Å². The summed E-state index contributed by atoms with van der Waals surface area (Å²) < 4.78 is 5.49. The molecule has 450 valence electrons. The zero-order chi connectivity index (χ0) is 55.0. The molecule has 2 atom stereocenters. The minimum Gasteiger partial charge on any atom is -0.466 e. The molecule has 0 aliphatic heterocycles. The number of hydrogen-bond donors (Lipinski definition) is 3. The Morgan fingerprint density at radius 1 is 0.355 bits per heavy atom. The fraction of sp³-hybridized carbons (Fsp3) is 0.914. The van der Waals surface area contributed by atoms with Crippen molar-refractivity contribution < 1.29 is 24.5 Å². The number of esters is 1. The highest BCUT2D eigenvalue weighted by molar-refractivity contribution is 5.76. The third-order valence-corrected chi connectivity index (χ3v) is 16.2. The number of rotatable bonds is 65. The van der Waals surface area contributed by atoms with E-state index in [2.05, 4.69) is 31.3 Å². The van der Waals surface area contributed by atoms with Gasteiger partial charge in [0.1, 0.15) is 0 Å². The molecule has 1 amide bonds. The minimum atomic E-state index is -0.850. The summed E-state index contributed by atoms with van der Waals surface area (Å²) in [7, 11) is 0. The highest BCUT2D eigenvalue weighted by atomic mass is 16.5. The molecule has 0 bridgehead atoms. The standard InChI is InChI=1S/C70H135NO5/c1-3-5-7-9-11-13-15-17-19-21-22-23-24-25-26-27-28-31-34-38-42-46-50-54-58-62-68(73)67(66-72)71-69(74)63-59-55-51-47-43-39-35-32-29-33-37-41-45-49-53-57-61-65-76-70(75)64-60-56-52-48-44-40-36-30-20-18-16-14-12-10-8-6-4-2/h18,20,58,62,67-68,72-73H,3-17,19,21-57,59-61,63-66H2,1-2H3,(H,71,74)/b20-18-,62-58+. The molecular formula is C70H135NO5. The van der Waals surface area contributed by atoms with Crippen LogP contribution < -0.4 is 5.32 Å². The first-order valence-electron chi connectivity index (χ1n) is 34.6. The molecule has 0 aromatic carbocycles. The predicted octanol–water partition coefficient (Wildman–Crippen LogP) is 22.1. The average Bonchev–Trinajstić information content (AvgIpc) is 3.42. The molecule has 0 saturated heterocycles. The van der Waals surface area contributed by atoms with Gasteiger partial charge in [-0.25, -0.2) is 0 Å². The van der Waals surface area contributed by atoms with Crippen LogP contribution in [0.4, 0.5) is 0 Å². The van der Waals surface area contributed by atoms with Crippen LogP contribution in [0.25, 0.3) is 0 Å². The largest absolute Gasteiger partial charge is 0.466 e. The second-order valence-corrected chi connectivity index (χ2v) is 23.9. The van der Waals surface area contributed by atoms with Gasteiger partial charge in [0.05, 0.1) is 25.4 Å². The Morgan fingerprint density at radius 3 is 0.934 bits per heavy atom. The summed E-state index contributed by atoms with van der Waals surface area (Å²) in [5.74, 6) is -0.0667. The van der Waals surface area contributed by atoms with Crippen LogP contribution in [-0.4, -0.2) is 47.4 Å². The van der Waals surface area contributed by atoms with E-state index in [1.165, 1.54) is 315 Å². The van der Waals surface area contributed by atoms with Crippen molar-refractivity contribution >= 4 is 11.9 Å². The van der Waals surface area contributed by atoms with Crippen molar-refractivity contribution in [3.8, 4) is 0 Å². The van der Waals surface area contributed by atoms with Gasteiger partial charge in [0.25, 0.3) is 0 Å². The summed E-state index contributed by atoms with van der Waals surface area (Å²) in [4.78, 5) is 24.6. The van der Waals surface area contributed by atoms with Gasteiger partial charge < -0.3 is 20.3 Å². The number of carbonyl (C=O) groups is 2. The average molecular weight is 1070 g/mol. The second-order valence-electron chi connectivity index (χ2n) is 23.9. The van der Waals surface area contributed by atoms with E-state index in [0.29, 0.717) is 19.4 Å². The lowest BCUT2D eigenvalue weighted by atomic mass is 10.0. The van der Waals surface area contributed by atoms with Crippen molar-refractivity contribution in [2.75, 3.05) is 13.2 Å². The third kappa shape index (κ3) is 61.6.